The van der Waals surface area contributed by atoms with Gasteiger partial charge in [0.1, 0.15) is 5.75 Å². The Balaban J connectivity index is 1.88. The van der Waals surface area contributed by atoms with Gasteiger partial charge in [0.25, 0.3) is 0 Å². The molecule has 0 aliphatic heterocycles. The van der Waals surface area contributed by atoms with Crippen molar-refractivity contribution in [2.45, 2.75) is 38.3 Å². The molecule has 0 saturated heterocycles. The van der Waals surface area contributed by atoms with E-state index < -0.39 is 6.61 Å². The summed E-state index contributed by atoms with van der Waals surface area (Å²) in [7, 11) is 0. The number of benzene rings is 1. The summed E-state index contributed by atoms with van der Waals surface area (Å²) in [5, 5.41) is 5.46. The Morgan fingerprint density at radius 2 is 2.05 bits per heavy atom. The van der Waals surface area contributed by atoms with E-state index in [0.717, 1.165) is 25.7 Å². The van der Waals surface area contributed by atoms with Crippen molar-refractivity contribution in [3.05, 3.63) is 24.3 Å². The Bertz CT molecular complexity index is 434. The summed E-state index contributed by atoms with van der Waals surface area (Å²) in [6.07, 6.45) is 4.23. The van der Waals surface area contributed by atoms with Crippen LogP contribution in [0.15, 0.2) is 24.3 Å². The number of carbonyl (C=O) groups is 1. The molecule has 2 N–H and O–H groups in total. The Morgan fingerprint density at radius 3 is 2.74 bits per heavy atom. The quantitative estimate of drug-likeness (QED) is 0.881. The van der Waals surface area contributed by atoms with Crippen molar-refractivity contribution >= 4 is 11.7 Å². The molecule has 19 heavy (non-hydrogen) atoms. The summed E-state index contributed by atoms with van der Waals surface area (Å²) >= 11 is 0. The minimum Gasteiger partial charge on any atom is -0.435 e. The second-order valence-electron chi connectivity index (χ2n) is 4.49. The molecule has 0 atom stereocenters. The minimum absolute atomic E-state index is 0.0219. The maximum atomic E-state index is 12.1. The first-order valence-electron chi connectivity index (χ1n) is 6.26. The van der Waals surface area contributed by atoms with E-state index in [0.29, 0.717) is 5.69 Å². The lowest BCUT2D eigenvalue weighted by Gasteiger charge is -2.13. The van der Waals surface area contributed by atoms with E-state index >= 15 is 0 Å². The van der Waals surface area contributed by atoms with E-state index in [1.165, 1.54) is 12.1 Å². The van der Waals surface area contributed by atoms with Crippen LogP contribution in [0.1, 0.15) is 25.7 Å². The summed E-state index contributed by atoms with van der Waals surface area (Å²) in [5.74, 6) is 0.0219. The molecular weight excluding hydrogens is 254 g/mol. The molecule has 2 amide bonds. The van der Waals surface area contributed by atoms with E-state index in [1.807, 2.05) is 0 Å². The molecule has 0 bridgehead atoms. The van der Waals surface area contributed by atoms with Gasteiger partial charge in [-0.3, -0.25) is 0 Å². The van der Waals surface area contributed by atoms with Crippen molar-refractivity contribution in [1.29, 1.82) is 0 Å². The predicted molar refractivity (Wildman–Crippen MR) is 67.5 cm³/mol. The van der Waals surface area contributed by atoms with Crippen LogP contribution in [0, 0.1) is 0 Å². The van der Waals surface area contributed by atoms with Crippen LogP contribution in [0.25, 0.3) is 0 Å². The molecule has 0 spiro atoms. The van der Waals surface area contributed by atoms with Crippen LogP contribution >= 0.6 is 0 Å². The third-order valence-corrected chi connectivity index (χ3v) is 3.01. The van der Waals surface area contributed by atoms with E-state index in [-0.39, 0.29) is 17.8 Å². The summed E-state index contributed by atoms with van der Waals surface area (Å²) in [4.78, 5) is 11.7. The number of hydrogen-bond acceptors (Lipinski definition) is 2. The fourth-order valence-electron chi connectivity index (χ4n) is 2.17. The van der Waals surface area contributed by atoms with Crippen LogP contribution < -0.4 is 15.4 Å². The Morgan fingerprint density at radius 1 is 1.32 bits per heavy atom. The normalized spacial score (nSPS) is 15.5. The molecule has 0 heterocycles. The van der Waals surface area contributed by atoms with Crippen molar-refractivity contribution in [2.24, 2.45) is 0 Å². The lowest BCUT2D eigenvalue weighted by molar-refractivity contribution is -0.0497. The van der Waals surface area contributed by atoms with Crippen molar-refractivity contribution in [1.82, 2.24) is 5.32 Å². The summed E-state index contributed by atoms with van der Waals surface area (Å²) in [6, 6.07) is 5.82. The molecule has 1 aromatic carbocycles. The summed E-state index contributed by atoms with van der Waals surface area (Å²) < 4.78 is 28.4. The highest BCUT2D eigenvalue weighted by Crippen LogP contribution is 2.20. The number of rotatable bonds is 4. The number of hydrogen-bond donors (Lipinski definition) is 2. The second-order valence-corrected chi connectivity index (χ2v) is 4.49. The highest BCUT2D eigenvalue weighted by molar-refractivity contribution is 5.89. The fraction of sp³-hybridized carbons (Fsp3) is 0.462. The van der Waals surface area contributed by atoms with Gasteiger partial charge in [-0.1, -0.05) is 18.9 Å². The molecule has 0 aromatic heterocycles. The number of amides is 2. The topological polar surface area (TPSA) is 50.4 Å². The van der Waals surface area contributed by atoms with E-state index in [2.05, 4.69) is 15.4 Å². The lowest BCUT2D eigenvalue weighted by atomic mass is 10.2. The highest BCUT2D eigenvalue weighted by atomic mass is 19.3. The van der Waals surface area contributed by atoms with Gasteiger partial charge < -0.3 is 15.4 Å². The van der Waals surface area contributed by atoms with Crippen molar-refractivity contribution in [3.63, 3.8) is 0 Å². The lowest BCUT2D eigenvalue weighted by Crippen LogP contribution is -2.36. The van der Waals surface area contributed by atoms with Gasteiger partial charge in [-0.2, -0.15) is 8.78 Å². The van der Waals surface area contributed by atoms with Crippen molar-refractivity contribution < 1.29 is 18.3 Å². The Hall–Kier alpha value is -1.85. The van der Waals surface area contributed by atoms with Gasteiger partial charge in [0.2, 0.25) is 0 Å². The maximum Gasteiger partial charge on any atom is 0.387 e. The van der Waals surface area contributed by atoms with Crippen LogP contribution in [0.3, 0.4) is 0 Å². The van der Waals surface area contributed by atoms with Crippen LogP contribution in [-0.4, -0.2) is 18.7 Å². The zero-order chi connectivity index (χ0) is 13.7. The molecule has 1 aliphatic carbocycles. The number of nitrogens with one attached hydrogen (secondary N) is 2. The monoisotopic (exact) mass is 270 g/mol. The van der Waals surface area contributed by atoms with Crippen LogP contribution in [-0.2, 0) is 0 Å². The molecule has 1 saturated carbocycles. The fourth-order valence-corrected chi connectivity index (χ4v) is 2.17. The molecule has 4 nitrogen and oxygen atoms in total. The molecule has 1 aliphatic rings. The average molecular weight is 270 g/mol. The molecule has 0 radical (unpaired) electrons. The van der Waals surface area contributed by atoms with Crippen LogP contribution in [0.4, 0.5) is 19.3 Å². The number of alkyl halides is 2. The number of carbonyl (C=O) groups excluding carboxylic acids is 1. The third-order valence-electron chi connectivity index (χ3n) is 3.01. The summed E-state index contributed by atoms with van der Waals surface area (Å²) in [6.45, 7) is -2.87. The number of ether oxygens (including phenoxy) is 1. The first-order valence-corrected chi connectivity index (χ1v) is 6.26. The van der Waals surface area contributed by atoms with Gasteiger partial charge in [0, 0.05) is 17.8 Å². The van der Waals surface area contributed by atoms with E-state index in [1.54, 1.807) is 12.1 Å². The van der Waals surface area contributed by atoms with Crippen molar-refractivity contribution in [2.75, 3.05) is 5.32 Å². The van der Waals surface area contributed by atoms with Crippen molar-refractivity contribution in [3.8, 4) is 5.75 Å². The second kappa shape index (κ2) is 6.36. The molecule has 2 rings (SSSR count). The number of halogens is 2. The Kier molecular flexibility index (Phi) is 4.54. The average Bonchev–Trinajstić information content (AvgIpc) is 2.81. The SMILES string of the molecule is O=C(Nc1cccc(OC(F)F)c1)NC1CCCC1. The van der Waals surface area contributed by atoms with Crippen LogP contribution in [0.5, 0.6) is 5.75 Å². The predicted octanol–water partition coefficient (Wildman–Crippen LogP) is 3.35. The maximum absolute atomic E-state index is 12.1. The molecule has 6 heteroatoms. The van der Waals surface area contributed by atoms with Gasteiger partial charge >= 0.3 is 12.6 Å². The highest BCUT2D eigenvalue weighted by Gasteiger charge is 2.17. The van der Waals surface area contributed by atoms with Gasteiger partial charge in [-0.05, 0) is 25.0 Å². The standard InChI is InChI=1S/C13H16F2N2O2/c14-12(15)19-11-7-3-6-10(8-11)17-13(18)16-9-4-1-2-5-9/h3,6-9,12H,1-2,4-5H2,(H2,16,17,18). The minimum atomic E-state index is -2.87. The van der Waals surface area contributed by atoms with Crippen LogP contribution in [0.2, 0.25) is 0 Å². The zero-order valence-electron chi connectivity index (χ0n) is 10.4. The molecule has 1 aromatic rings. The zero-order valence-corrected chi connectivity index (χ0v) is 10.4. The van der Waals surface area contributed by atoms with E-state index in [9.17, 15) is 13.6 Å². The molecular formula is C13H16F2N2O2. The molecule has 0 unspecified atom stereocenters. The van der Waals surface area contributed by atoms with Gasteiger partial charge in [0.15, 0.2) is 0 Å². The first-order chi connectivity index (χ1) is 9.13. The smallest absolute Gasteiger partial charge is 0.387 e. The Labute approximate surface area is 110 Å². The third kappa shape index (κ3) is 4.39. The number of anilines is 1. The molecule has 1 fully saturated rings. The molecule has 104 valence electrons. The summed E-state index contributed by atoms with van der Waals surface area (Å²) in [5.41, 5.74) is 0.425. The number of urea groups is 1. The van der Waals surface area contributed by atoms with Gasteiger partial charge in [-0.25, -0.2) is 4.79 Å². The van der Waals surface area contributed by atoms with E-state index in [4.69, 9.17) is 0 Å². The van der Waals surface area contributed by atoms with Gasteiger partial charge in [-0.15, -0.1) is 0 Å². The van der Waals surface area contributed by atoms with Gasteiger partial charge in [0.05, 0.1) is 0 Å². The largest absolute Gasteiger partial charge is 0.435 e. The first kappa shape index (κ1) is 13.6.